The molecule has 0 aliphatic heterocycles. The first-order valence-corrected chi connectivity index (χ1v) is 7.22. The molecule has 1 aliphatic rings. The highest BCUT2D eigenvalue weighted by atomic mass is 35.5. The van der Waals surface area contributed by atoms with E-state index in [1.807, 2.05) is 0 Å². The summed E-state index contributed by atoms with van der Waals surface area (Å²) < 4.78 is 13.3. The maximum atomic E-state index is 13.3. The second-order valence-electron chi connectivity index (χ2n) is 6.29. The molecule has 0 heterocycles. The number of Topliss-reactive ketones (excluding diaryl/α,β-unsaturated/α-hetero) is 1. The van der Waals surface area contributed by atoms with Crippen LogP contribution in [0.15, 0.2) is 18.2 Å². The van der Waals surface area contributed by atoms with Crippen LogP contribution in [0.2, 0.25) is 5.02 Å². The van der Waals surface area contributed by atoms with E-state index in [1.54, 1.807) is 12.1 Å². The van der Waals surface area contributed by atoms with Gasteiger partial charge in [-0.3, -0.25) is 4.79 Å². The average Bonchev–Trinajstić information content (AvgIpc) is 2.35. The molecular weight excluding hydrogens is 263 g/mol. The van der Waals surface area contributed by atoms with Gasteiger partial charge in [-0.2, -0.15) is 0 Å². The van der Waals surface area contributed by atoms with Crippen molar-refractivity contribution in [2.75, 3.05) is 0 Å². The second-order valence-corrected chi connectivity index (χ2v) is 6.67. The predicted molar refractivity (Wildman–Crippen MR) is 75.9 cm³/mol. The van der Waals surface area contributed by atoms with Crippen LogP contribution in [0.25, 0.3) is 0 Å². The standard InChI is InChI=1S/C16H20ClFO/c1-16(2)8-6-11(7-9-16)14(19)10-12-4-3-5-13(18)15(12)17/h3-5,11H,6-10H2,1-2H3. The van der Waals surface area contributed by atoms with E-state index in [0.29, 0.717) is 11.0 Å². The largest absolute Gasteiger partial charge is 0.299 e. The van der Waals surface area contributed by atoms with Gasteiger partial charge in [0.25, 0.3) is 0 Å². The minimum Gasteiger partial charge on any atom is -0.299 e. The van der Waals surface area contributed by atoms with Gasteiger partial charge in [-0.05, 0) is 42.7 Å². The lowest BCUT2D eigenvalue weighted by Crippen LogP contribution is -2.27. The average molecular weight is 283 g/mol. The molecule has 0 amide bonds. The van der Waals surface area contributed by atoms with E-state index in [0.717, 1.165) is 25.7 Å². The fourth-order valence-electron chi connectivity index (χ4n) is 2.74. The van der Waals surface area contributed by atoms with Gasteiger partial charge in [0.05, 0.1) is 5.02 Å². The Morgan fingerprint density at radius 2 is 2.00 bits per heavy atom. The Kier molecular flexibility index (Phi) is 4.29. The first-order chi connectivity index (χ1) is 8.89. The highest BCUT2D eigenvalue weighted by molar-refractivity contribution is 6.31. The molecule has 0 saturated heterocycles. The lowest BCUT2D eigenvalue weighted by molar-refractivity contribution is -0.123. The Morgan fingerprint density at radius 3 is 2.63 bits per heavy atom. The fourth-order valence-corrected chi connectivity index (χ4v) is 2.93. The highest BCUT2D eigenvalue weighted by Crippen LogP contribution is 2.38. The van der Waals surface area contributed by atoms with Gasteiger partial charge < -0.3 is 0 Å². The molecule has 3 heteroatoms. The maximum absolute atomic E-state index is 13.3. The number of rotatable bonds is 3. The summed E-state index contributed by atoms with van der Waals surface area (Å²) in [6.07, 6.45) is 4.31. The highest BCUT2D eigenvalue weighted by Gasteiger charge is 2.30. The van der Waals surface area contributed by atoms with E-state index >= 15 is 0 Å². The number of carbonyl (C=O) groups excluding carboxylic acids is 1. The Bertz CT molecular complexity index is 472. The van der Waals surface area contributed by atoms with Crippen molar-refractivity contribution in [1.82, 2.24) is 0 Å². The molecule has 1 aromatic carbocycles. The molecule has 0 spiro atoms. The van der Waals surface area contributed by atoms with E-state index in [-0.39, 0.29) is 23.1 Å². The SMILES string of the molecule is CC1(C)CCC(C(=O)Cc2cccc(F)c2Cl)CC1. The summed E-state index contributed by atoms with van der Waals surface area (Å²) in [7, 11) is 0. The van der Waals surface area contributed by atoms with Gasteiger partial charge in [0.15, 0.2) is 0 Å². The Balaban J connectivity index is 2.00. The molecule has 19 heavy (non-hydrogen) atoms. The third-order valence-corrected chi connectivity index (χ3v) is 4.61. The molecule has 0 bridgehead atoms. The molecule has 0 atom stereocenters. The van der Waals surface area contributed by atoms with Crippen LogP contribution >= 0.6 is 11.6 Å². The molecule has 1 nitrogen and oxygen atoms in total. The van der Waals surface area contributed by atoms with E-state index < -0.39 is 5.82 Å². The van der Waals surface area contributed by atoms with Crippen LogP contribution < -0.4 is 0 Å². The molecule has 0 aromatic heterocycles. The molecule has 0 radical (unpaired) electrons. The van der Waals surface area contributed by atoms with Gasteiger partial charge in [0.2, 0.25) is 0 Å². The first-order valence-electron chi connectivity index (χ1n) is 6.85. The summed E-state index contributed by atoms with van der Waals surface area (Å²) in [5.74, 6) is -0.132. The van der Waals surface area contributed by atoms with Crippen LogP contribution in [0.5, 0.6) is 0 Å². The molecule has 0 N–H and O–H groups in total. The minimum absolute atomic E-state index is 0.0898. The number of carbonyl (C=O) groups is 1. The summed E-state index contributed by atoms with van der Waals surface area (Å²) in [6, 6.07) is 4.66. The van der Waals surface area contributed by atoms with Crippen molar-refractivity contribution in [1.29, 1.82) is 0 Å². The van der Waals surface area contributed by atoms with Crippen molar-refractivity contribution in [3.63, 3.8) is 0 Å². The second kappa shape index (κ2) is 5.62. The number of hydrogen-bond acceptors (Lipinski definition) is 1. The van der Waals surface area contributed by atoms with E-state index in [2.05, 4.69) is 13.8 Å². The number of halogens is 2. The zero-order valence-electron chi connectivity index (χ0n) is 11.5. The van der Waals surface area contributed by atoms with Gasteiger partial charge in [0, 0.05) is 12.3 Å². The number of ketones is 1. The smallest absolute Gasteiger partial charge is 0.142 e. The van der Waals surface area contributed by atoms with Crippen molar-refractivity contribution in [2.45, 2.75) is 46.0 Å². The first kappa shape index (κ1) is 14.5. The summed E-state index contributed by atoms with van der Waals surface area (Å²) >= 11 is 5.89. The summed E-state index contributed by atoms with van der Waals surface area (Å²) in [6.45, 7) is 4.49. The lowest BCUT2D eigenvalue weighted by Gasteiger charge is -2.33. The zero-order valence-corrected chi connectivity index (χ0v) is 12.3. The van der Waals surface area contributed by atoms with Gasteiger partial charge in [0.1, 0.15) is 11.6 Å². The third-order valence-electron chi connectivity index (χ3n) is 4.19. The van der Waals surface area contributed by atoms with Crippen LogP contribution in [0, 0.1) is 17.2 Å². The number of hydrogen-bond donors (Lipinski definition) is 0. The molecule has 1 fully saturated rings. The Labute approximate surface area is 119 Å². The Hall–Kier alpha value is -0.890. The number of benzene rings is 1. The summed E-state index contributed by atoms with van der Waals surface area (Å²) in [4.78, 5) is 12.3. The van der Waals surface area contributed by atoms with E-state index in [4.69, 9.17) is 11.6 Å². The van der Waals surface area contributed by atoms with Crippen molar-refractivity contribution >= 4 is 17.4 Å². The third kappa shape index (κ3) is 3.56. The van der Waals surface area contributed by atoms with Crippen molar-refractivity contribution in [3.05, 3.63) is 34.6 Å². The monoisotopic (exact) mass is 282 g/mol. The molecule has 2 rings (SSSR count). The molecular formula is C16H20ClFO. The zero-order chi connectivity index (χ0) is 14.0. The van der Waals surface area contributed by atoms with Crippen LogP contribution in [0.4, 0.5) is 4.39 Å². The van der Waals surface area contributed by atoms with E-state index in [1.165, 1.54) is 6.07 Å². The predicted octanol–water partition coefficient (Wildman–Crippen LogP) is 4.81. The minimum atomic E-state index is -0.447. The van der Waals surface area contributed by atoms with Crippen LogP contribution in [-0.4, -0.2) is 5.78 Å². The topological polar surface area (TPSA) is 17.1 Å². The summed E-state index contributed by atoms with van der Waals surface area (Å²) in [5.41, 5.74) is 0.962. The normalized spacial score (nSPS) is 19.4. The molecule has 1 aliphatic carbocycles. The molecule has 104 valence electrons. The van der Waals surface area contributed by atoms with Gasteiger partial charge in [-0.1, -0.05) is 37.6 Å². The van der Waals surface area contributed by atoms with Crippen LogP contribution in [0.1, 0.15) is 45.1 Å². The maximum Gasteiger partial charge on any atom is 0.142 e. The lowest BCUT2D eigenvalue weighted by atomic mass is 9.71. The fraction of sp³-hybridized carbons (Fsp3) is 0.562. The van der Waals surface area contributed by atoms with Crippen LogP contribution in [-0.2, 0) is 11.2 Å². The van der Waals surface area contributed by atoms with Crippen LogP contribution in [0.3, 0.4) is 0 Å². The van der Waals surface area contributed by atoms with Gasteiger partial charge >= 0.3 is 0 Å². The van der Waals surface area contributed by atoms with Gasteiger partial charge in [-0.15, -0.1) is 0 Å². The van der Waals surface area contributed by atoms with Crippen molar-refractivity contribution in [3.8, 4) is 0 Å². The summed E-state index contributed by atoms with van der Waals surface area (Å²) in [5, 5.41) is 0.0898. The van der Waals surface area contributed by atoms with Crippen molar-refractivity contribution in [2.24, 2.45) is 11.3 Å². The van der Waals surface area contributed by atoms with Gasteiger partial charge in [-0.25, -0.2) is 4.39 Å². The molecule has 1 aromatic rings. The molecule has 1 saturated carbocycles. The van der Waals surface area contributed by atoms with Crippen molar-refractivity contribution < 1.29 is 9.18 Å². The molecule has 0 unspecified atom stereocenters. The van der Waals surface area contributed by atoms with E-state index in [9.17, 15) is 9.18 Å². The Morgan fingerprint density at radius 1 is 1.37 bits per heavy atom. The quantitative estimate of drug-likeness (QED) is 0.778.